The molecule has 0 radical (unpaired) electrons. The second-order valence-electron chi connectivity index (χ2n) is 10.0. The van der Waals surface area contributed by atoms with E-state index >= 15 is 0 Å². The standard InChI is InChI=1S/C26H29NO3S2/c1-15-13-19-20(26(4,5)12-11-25(19,2)3)14-18(15)21(16-7-9-17(30-6)10-8-16)27-22(28)23(29)32-24(27)31/h7-10,13-14,21H,11-12H2,1-6H3. The van der Waals surface area contributed by atoms with Gasteiger partial charge in [-0.1, -0.05) is 64.2 Å². The summed E-state index contributed by atoms with van der Waals surface area (Å²) >= 11 is 6.33. The number of fused-ring (bicyclic) bond motifs is 1. The SMILES string of the molecule is COc1ccc(C(c2cc3c(cc2C)C(C)(C)CCC3(C)C)N2C(=O)C(=O)SC2=S)cc1. The van der Waals surface area contributed by atoms with Crippen LogP contribution in [0, 0.1) is 6.92 Å². The molecule has 0 bridgehead atoms. The lowest BCUT2D eigenvalue weighted by Gasteiger charge is -2.43. The Morgan fingerprint density at radius 2 is 1.56 bits per heavy atom. The number of nitrogens with zero attached hydrogens (tertiary/aromatic N) is 1. The molecule has 1 saturated heterocycles. The van der Waals surface area contributed by atoms with Gasteiger partial charge < -0.3 is 4.74 Å². The first-order chi connectivity index (χ1) is 15.0. The Kier molecular flexibility index (Phi) is 5.74. The number of carbonyl (C=O) groups is 2. The molecular formula is C26H29NO3S2. The third-order valence-electron chi connectivity index (χ3n) is 6.99. The van der Waals surface area contributed by atoms with E-state index < -0.39 is 17.1 Å². The molecule has 1 fully saturated rings. The minimum absolute atomic E-state index is 0.0257. The third-order valence-corrected chi connectivity index (χ3v) is 8.17. The number of aryl methyl sites for hydroxylation is 1. The number of ether oxygens (including phenoxy) is 1. The summed E-state index contributed by atoms with van der Waals surface area (Å²) in [6.45, 7) is 11.3. The number of hydrogen-bond donors (Lipinski definition) is 0. The van der Waals surface area contributed by atoms with Crippen molar-refractivity contribution in [3.8, 4) is 5.75 Å². The van der Waals surface area contributed by atoms with Gasteiger partial charge in [-0.2, -0.15) is 0 Å². The number of benzene rings is 2. The minimum Gasteiger partial charge on any atom is -0.497 e. The summed E-state index contributed by atoms with van der Waals surface area (Å²) in [5, 5.41) is -0.523. The van der Waals surface area contributed by atoms with Gasteiger partial charge in [0.15, 0.2) is 4.32 Å². The second-order valence-corrected chi connectivity index (χ2v) is 11.6. The smallest absolute Gasteiger partial charge is 0.307 e. The Morgan fingerprint density at radius 3 is 2.06 bits per heavy atom. The van der Waals surface area contributed by atoms with Crippen molar-refractivity contribution in [3.63, 3.8) is 0 Å². The van der Waals surface area contributed by atoms with Crippen molar-refractivity contribution in [3.05, 3.63) is 64.2 Å². The number of amides is 1. The van der Waals surface area contributed by atoms with Gasteiger partial charge in [0.2, 0.25) is 0 Å². The Labute approximate surface area is 199 Å². The fourth-order valence-electron chi connectivity index (χ4n) is 4.86. The van der Waals surface area contributed by atoms with E-state index in [0.29, 0.717) is 4.32 Å². The molecule has 4 nitrogen and oxygen atoms in total. The van der Waals surface area contributed by atoms with Crippen molar-refractivity contribution in [1.82, 2.24) is 4.90 Å². The molecular weight excluding hydrogens is 438 g/mol. The van der Waals surface area contributed by atoms with Gasteiger partial charge in [0.1, 0.15) is 5.75 Å². The Hall–Kier alpha value is -2.18. The maximum Gasteiger partial charge on any atom is 0.307 e. The molecule has 168 valence electrons. The van der Waals surface area contributed by atoms with E-state index in [1.165, 1.54) is 16.0 Å². The molecule has 0 spiro atoms. The van der Waals surface area contributed by atoms with Gasteiger partial charge in [-0.15, -0.1) is 0 Å². The van der Waals surface area contributed by atoms with Crippen LogP contribution in [-0.2, 0) is 20.4 Å². The van der Waals surface area contributed by atoms with Crippen LogP contribution in [0.1, 0.15) is 74.4 Å². The molecule has 2 aromatic carbocycles. The minimum atomic E-state index is -0.558. The van der Waals surface area contributed by atoms with Gasteiger partial charge in [-0.05, 0) is 82.3 Å². The average molecular weight is 468 g/mol. The average Bonchev–Trinajstić information content (AvgIpc) is 2.99. The Bertz CT molecular complexity index is 1120. The lowest BCUT2D eigenvalue weighted by Crippen LogP contribution is -2.37. The largest absolute Gasteiger partial charge is 0.497 e. The maximum absolute atomic E-state index is 12.9. The number of thiocarbonyl (C=S) groups is 1. The summed E-state index contributed by atoms with van der Waals surface area (Å²) < 4.78 is 5.63. The number of carbonyl (C=O) groups excluding carboxylic acids is 2. The monoisotopic (exact) mass is 467 g/mol. The molecule has 0 aromatic heterocycles. The molecule has 0 saturated carbocycles. The lowest BCUT2D eigenvalue weighted by molar-refractivity contribution is -0.137. The zero-order valence-corrected chi connectivity index (χ0v) is 21.1. The third kappa shape index (κ3) is 3.77. The fourth-order valence-corrected chi connectivity index (χ4v) is 5.91. The summed E-state index contributed by atoms with van der Waals surface area (Å²) in [6.07, 6.45) is 2.23. The van der Waals surface area contributed by atoms with E-state index in [0.717, 1.165) is 47.0 Å². The van der Waals surface area contributed by atoms with Crippen LogP contribution in [0.2, 0.25) is 0 Å². The quantitative estimate of drug-likeness (QED) is 0.418. The van der Waals surface area contributed by atoms with Gasteiger partial charge in [0.25, 0.3) is 5.12 Å². The highest BCUT2D eigenvalue weighted by atomic mass is 32.2. The molecule has 1 unspecified atom stereocenters. The van der Waals surface area contributed by atoms with E-state index in [1.54, 1.807) is 7.11 Å². The first kappa shape index (κ1) is 23.0. The number of hydrogen-bond acceptors (Lipinski definition) is 5. The number of rotatable bonds is 4. The van der Waals surface area contributed by atoms with Gasteiger partial charge in [-0.25, -0.2) is 0 Å². The van der Waals surface area contributed by atoms with Crippen molar-refractivity contribution < 1.29 is 14.3 Å². The molecule has 1 heterocycles. The summed E-state index contributed by atoms with van der Waals surface area (Å²) in [7, 11) is 1.62. The van der Waals surface area contributed by atoms with E-state index in [2.05, 4.69) is 46.8 Å². The molecule has 0 N–H and O–H groups in total. The summed E-state index contributed by atoms with van der Waals surface area (Å²) in [5.41, 5.74) is 5.79. The molecule has 1 aliphatic carbocycles. The predicted molar refractivity (Wildman–Crippen MR) is 133 cm³/mol. The van der Waals surface area contributed by atoms with Crippen LogP contribution in [0.3, 0.4) is 0 Å². The lowest BCUT2D eigenvalue weighted by atomic mass is 9.62. The summed E-state index contributed by atoms with van der Waals surface area (Å²) in [6, 6.07) is 11.7. The summed E-state index contributed by atoms with van der Waals surface area (Å²) in [4.78, 5) is 26.6. The van der Waals surface area contributed by atoms with Crippen molar-refractivity contribution in [1.29, 1.82) is 0 Å². The van der Waals surface area contributed by atoms with Crippen molar-refractivity contribution >= 4 is 39.3 Å². The predicted octanol–water partition coefficient (Wildman–Crippen LogP) is 5.83. The van der Waals surface area contributed by atoms with Crippen LogP contribution in [0.15, 0.2) is 36.4 Å². The summed E-state index contributed by atoms with van der Waals surface area (Å²) in [5.74, 6) is 0.177. The molecule has 4 rings (SSSR count). The molecule has 2 aromatic rings. The van der Waals surface area contributed by atoms with Crippen LogP contribution in [0.4, 0.5) is 0 Å². The van der Waals surface area contributed by atoms with Crippen molar-refractivity contribution in [2.45, 2.75) is 64.3 Å². The molecule has 2 aliphatic rings. The highest BCUT2D eigenvalue weighted by molar-refractivity contribution is 8.34. The fraction of sp³-hybridized carbons (Fsp3) is 0.423. The molecule has 1 aliphatic heterocycles. The van der Waals surface area contributed by atoms with Crippen molar-refractivity contribution in [2.75, 3.05) is 7.11 Å². The second kappa shape index (κ2) is 7.99. The van der Waals surface area contributed by atoms with Gasteiger partial charge >= 0.3 is 5.91 Å². The topological polar surface area (TPSA) is 46.6 Å². The Balaban J connectivity index is 1.95. The maximum atomic E-state index is 12.9. The Morgan fingerprint density at radius 1 is 1.00 bits per heavy atom. The highest BCUT2D eigenvalue weighted by Gasteiger charge is 2.43. The van der Waals surface area contributed by atoms with Crippen LogP contribution in [0.25, 0.3) is 0 Å². The zero-order chi connectivity index (χ0) is 23.4. The van der Waals surface area contributed by atoms with E-state index in [4.69, 9.17) is 17.0 Å². The highest BCUT2D eigenvalue weighted by Crippen LogP contribution is 2.48. The molecule has 1 atom stereocenters. The van der Waals surface area contributed by atoms with E-state index in [9.17, 15) is 9.59 Å². The van der Waals surface area contributed by atoms with Gasteiger partial charge in [0.05, 0.1) is 13.2 Å². The first-order valence-electron chi connectivity index (χ1n) is 10.8. The number of methoxy groups -OCH3 is 1. The number of thioether (sulfide) groups is 1. The molecule has 32 heavy (non-hydrogen) atoms. The van der Waals surface area contributed by atoms with Crippen LogP contribution in [-0.4, -0.2) is 27.4 Å². The first-order valence-corrected chi connectivity index (χ1v) is 12.1. The molecule has 1 amide bonds. The van der Waals surface area contributed by atoms with Gasteiger partial charge in [-0.3, -0.25) is 14.5 Å². The van der Waals surface area contributed by atoms with Crippen LogP contribution >= 0.6 is 24.0 Å². The van der Waals surface area contributed by atoms with E-state index in [1.807, 2.05) is 24.3 Å². The van der Waals surface area contributed by atoms with Gasteiger partial charge in [0, 0.05) is 0 Å². The van der Waals surface area contributed by atoms with Crippen LogP contribution < -0.4 is 4.74 Å². The van der Waals surface area contributed by atoms with Crippen molar-refractivity contribution in [2.24, 2.45) is 0 Å². The van der Waals surface area contributed by atoms with E-state index in [-0.39, 0.29) is 10.8 Å². The molecule has 6 heteroatoms. The van der Waals surface area contributed by atoms with Crippen LogP contribution in [0.5, 0.6) is 5.75 Å². The zero-order valence-electron chi connectivity index (χ0n) is 19.4. The normalized spacial score (nSPS) is 20.3.